The van der Waals surface area contributed by atoms with E-state index in [-0.39, 0.29) is 30.5 Å². The van der Waals surface area contributed by atoms with Crippen molar-refractivity contribution < 1.29 is 28.4 Å². The maximum Gasteiger partial charge on any atom is 0.413 e. The number of amides is 4. The van der Waals surface area contributed by atoms with E-state index in [0.717, 1.165) is 12.0 Å². The Bertz CT molecular complexity index is 1020. The van der Waals surface area contributed by atoms with Crippen LogP contribution < -0.4 is 21.3 Å². The fourth-order valence-electron chi connectivity index (χ4n) is 2.59. The Morgan fingerprint density at radius 1 is 1.12 bits per heavy atom. The number of rotatable bonds is 7. The second kappa shape index (κ2) is 12.4. The standard InChI is InChI=1S/C21H25N5O6S/c1-4-18(27)24-20(25-21(29)32-3)23-16-12-15(33(30)14-8-6-5-7-9-14)10-11-17(16)26(13-31-2)19(22)28/h5-12H,4,13H2,1-3H3,(H2,22,28)(H2,23,24,25,27,29). The van der Waals surface area contributed by atoms with E-state index in [1.54, 1.807) is 43.3 Å². The molecular weight excluding hydrogens is 450 g/mol. The fourth-order valence-corrected chi connectivity index (χ4v) is 3.69. The van der Waals surface area contributed by atoms with Crippen molar-refractivity contribution in [1.29, 1.82) is 0 Å². The molecule has 4 amide bonds. The van der Waals surface area contributed by atoms with Crippen molar-refractivity contribution >= 4 is 46.5 Å². The Hall–Kier alpha value is -3.61. The molecule has 0 aliphatic heterocycles. The molecule has 0 fully saturated rings. The molecule has 0 aliphatic rings. The van der Waals surface area contributed by atoms with Gasteiger partial charge in [0.1, 0.15) is 6.73 Å². The topological polar surface area (TPSA) is 158 Å². The highest BCUT2D eigenvalue weighted by atomic mass is 32.2. The lowest BCUT2D eigenvalue weighted by atomic mass is 10.2. The van der Waals surface area contributed by atoms with Crippen LogP contribution in [-0.2, 0) is 25.4 Å². The third-order valence-corrected chi connectivity index (χ3v) is 5.53. The lowest BCUT2D eigenvalue weighted by molar-refractivity contribution is -0.117. The molecule has 0 saturated heterocycles. The minimum atomic E-state index is -1.56. The van der Waals surface area contributed by atoms with Gasteiger partial charge in [-0.15, -0.1) is 0 Å². The predicted molar refractivity (Wildman–Crippen MR) is 123 cm³/mol. The van der Waals surface area contributed by atoms with Crippen LogP contribution in [0.4, 0.5) is 21.0 Å². The number of nitrogens with one attached hydrogen (secondary N) is 2. The van der Waals surface area contributed by atoms with E-state index in [1.807, 2.05) is 0 Å². The van der Waals surface area contributed by atoms with Gasteiger partial charge in [0.15, 0.2) is 9.79 Å². The van der Waals surface area contributed by atoms with Crippen LogP contribution in [-0.4, -0.2) is 49.5 Å². The summed E-state index contributed by atoms with van der Waals surface area (Å²) in [4.78, 5) is 41.5. The van der Waals surface area contributed by atoms with Crippen LogP contribution in [0.3, 0.4) is 0 Å². The molecule has 33 heavy (non-hydrogen) atoms. The summed E-state index contributed by atoms with van der Waals surface area (Å²) in [6.07, 6.45) is -0.796. The lowest BCUT2D eigenvalue weighted by Gasteiger charge is -2.24. The zero-order valence-corrected chi connectivity index (χ0v) is 19.2. The highest BCUT2D eigenvalue weighted by Crippen LogP contribution is 2.31. The van der Waals surface area contributed by atoms with Crippen LogP contribution in [0.15, 0.2) is 63.3 Å². The molecule has 0 spiro atoms. The molecular formula is C21H25N5O6S. The quantitative estimate of drug-likeness (QED) is 0.240. The largest absolute Gasteiger partial charge is 0.606 e. The van der Waals surface area contributed by atoms with Crippen LogP contribution in [0, 0.1) is 0 Å². The number of anilines is 2. The van der Waals surface area contributed by atoms with E-state index < -0.39 is 29.2 Å². The smallest absolute Gasteiger partial charge is 0.413 e. The Labute approximate surface area is 194 Å². The number of carbonyl (C=O) groups is 3. The molecule has 4 N–H and O–H groups in total. The van der Waals surface area contributed by atoms with Crippen molar-refractivity contribution in [1.82, 2.24) is 5.32 Å². The van der Waals surface area contributed by atoms with Gasteiger partial charge in [0.25, 0.3) is 0 Å². The van der Waals surface area contributed by atoms with Crippen LogP contribution in [0.1, 0.15) is 13.3 Å². The van der Waals surface area contributed by atoms with Crippen LogP contribution in [0.5, 0.6) is 0 Å². The number of guanidine groups is 1. The summed E-state index contributed by atoms with van der Waals surface area (Å²) in [5.41, 5.74) is 5.92. The third kappa shape index (κ3) is 7.20. The number of carbonyl (C=O) groups excluding carboxylic acids is 3. The monoisotopic (exact) mass is 475 g/mol. The molecule has 0 saturated carbocycles. The maximum absolute atomic E-state index is 13.1. The Kier molecular flexibility index (Phi) is 9.66. The molecule has 0 heterocycles. The van der Waals surface area contributed by atoms with Crippen LogP contribution in [0.25, 0.3) is 0 Å². The first-order chi connectivity index (χ1) is 15.8. The summed E-state index contributed by atoms with van der Waals surface area (Å²) in [7, 11) is 2.53. The average molecular weight is 476 g/mol. The van der Waals surface area contributed by atoms with Gasteiger partial charge in [0.05, 0.1) is 18.5 Å². The highest BCUT2D eigenvalue weighted by molar-refractivity contribution is 7.91. The van der Waals surface area contributed by atoms with Crippen molar-refractivity contribution in [3.63, 3.8) is 0 Å². The molecule has 2 aromatic carbocycles. The molecule has 0 aliphatic carbocycles. The predicted octanol–water partition coefficient (Wildman–Crippen LogP) is 2.40. The molecule has 1 atom stereocenters. The molecule has 1 unspecified atom stereocenters. The summed E-state index contributed by atoms with van der Waals surface area (Å²) < 4.78 is 22.7. The Morgan fingerprint density at radius 2 is 1.82 bits per heavy atom. The number of alkyl carbamates (subject to hydrolysis) is 1. The summed E-state index contributed by atoms with van der Waals surface area (Å²) in [6, 6.07) is 12.5. The first-order valence-electron chi connectivity index (χ1n) is 9.71. The van der Waals surface area contributed by atoms with E-state index in [2.05, 4.69) is 20.4 Å². The van der Waals surface area contributed by atoms with Gasteiger partial charge in [-0.3, -0.25) is 15.0 Å². The Balaban J connectivity index is 2.57. The normalized spacial score (nSPS) is 11.9. The first-order valence-corrected chi connectivity index (χ1v) is 10.9. The van der Waals surface area contributed by atoms with Gasteiger partial charge in [0, 0.05) is 30.8 Å². The number of ether oxygens (including phenoxy) is 2. The Morgan fingerprint density at radius 3 is 2.39 bits per heavy atom. The number of urea groups is 1. The van der Waals surface area contributed by atoms with E-state index in [9.17, 15) is 18.9 Å². The van der Waals surface area contributed by atoms with E-state index in [1.165, 1.54) is 19.2 Å². The molecule has 0 bridgehead atoms. The molecule has 0 radical (unpaired) electrons. The SMILES string of the molecule is CCC(=O)N=C(NC(=O)OC)Nc1cc([S+]([O-])c2ccccc2)ccc1N(COC)C(N)=O. The lowest BCUT2D eigenvalue weighted by Crippen LogP contribution is -2.39. The molecule has 176 valence electrons. The number of nitrogens with zero attached hydrogens (tertiary/aromatic N) is 2. The fraction of sp³-hybridized carbons (Fsp3) is 0.238. The minimum absolute atomic E-state index is 0.0794. The molecule has 12 heteroatoms. The average Bonchev–Trinajstić information content (AvgIpc) is 2.82. The molecule has 2 rings (SSSR count). The number of methoxy groups -OCH3 is 2. The second-order valence-electron chi connectivity index (χ2n) is 6.39. The number of hydrogen-bond acceptors (Lipinski definition) is 6. The third-order valence-electron chi connectivity index (χ3n) is 4.15. The maximum atomic E-state index is 13.1. The second-order valence-corrected chi connectivity index (χ2v) is 7.87. The van der Waals surface area contributed by atoms with Gasteiger partial charge < -0.3 is 25.1 Å². The van der Waals surface area contributed by atoms with Gasteiger partial charge >= 0.3 is 12.1 Å². The van der Waals surface area contributed by atoms with Gasteiger partial charge in [-0.25, -0.2) is 9.59 Å². The molecule has 2 aromatic rings. The number of primary amides is 1. The molecule has 0 aromatic heterocycles. The van der Waals surface area contributed by atoms with Crippen molar-refractivity contribution in [2.45, 2.75) is 23.1 Å². The van der Waals surface area contributed by atoms with Gasteiger partial charge in [-0.1, -0.05) is 25.1 Å². The van der Waals surface area contributed by atoms with Crippen molar-refractivity contribution in [2.24, 2.45) is 10.7 Å². The summed E-state index contributed by atoms with van der Waals surface area (Å²) in [5.74, 6) is -0.775. The summed E-state index contributed by atoms with van der Waals surface area (Å²) in [5, 5.41) is 5.10. The van der Waals surface area contributed by atoms with Crippen molar-refractivity contribution in [3.05, 3.63) is 48.5 Å². The van der Waals surface area contributed by atoms with Gasteiger partial charge in [-0.05, 0) is 24.3 Å². The number of nitrogens with two attached hydrogens (primary N) is 1. The van der Waals surface area contributed by atoms with Crippen LogP contribution in [0.2, 0.25) is 0 Å². The van der Waals surface area contributed by atoms with E-state index in [0.29, 0.717) is 9.79 Å². The van der Waals surface area contributed by atoms with Gasteiger partial charge in [0.2, 0.25) is 11.9 Å². The minimum Gasteiger partial charge on any atom is -0.606 e. The number of hydrogen-bond donors (Lipinski definition) is 3. The first kappa shape index (κ1) is 25.6. The number of aliphatic imine (C=N–C) groups is 1. The van der Waals surface area contributed by atoms with Gasteiger partial charge in [-0.2, -0.15) is 4.99 Å². The van der Waals surface area contributed by atoms with E-state index >= 15 is 0 Å². The van der Waals surface area contributed by atoms with Crippen molar-refractivity contribution in [3.8, 4) is 0 Å². The van der Waals surface area contributed by atoms with Crippen molar-refractivity contribution in [2.75, 3.05) is 31.2 Å². The molecule has 11 nitrogen and oxygen atoms in total. The number of benzene rings is 2. The van der Waals surface area contributed by atoms with E-state index in [4.69, 9.17) is 10.5 Å². The van der Waals surface area contributed by atoms with Crippen LogP contribution >= 0.6 is 0 Å². The zero-order valence-electron chi connectivity index (χ0n) is 18.4. The summed E-state index contributed by atoms with van der Waals surface area (Å²) >= 11 is -1.56. The summed E-state index contributed by atoms with van der Waals surface area (Å²) in [6.45, 7) is 1.42. The zero-order chi connectivity index (χ0) is 24.4. The highest BCUT2D eigenvalue weighted by Gasteiger charge is 2.22.